The van der Waals surface area contributed by atoms with Crippen molar-refractivity contribution in [2.24, 2.45) is 0 Å². The molecule has 0 saturated heterocycles. The minimum Gasteiger partial charge on any atom is -0.310 e. The number of fused-ring (bicyclic) bond motifs is 4. The first kappa shape index (κ1) is 21.8. The molecule has 6 aromatic carbocycles. The SMILES string of the molecule is c1ccc(N(c2cccc(-c3ccc4c5c(cccc35)-c3ccccc3-4)c2)c2cccc3ncccc23)cc1. The van der Waals surface area contributed by atoms with Crippen LogP contribution >= 0.6 is 0 Å². The van der Waals surface area contributed by atoms with Gasteiger partial charge in [-0.15, -0.1) is 0 Å². The van der Waals surface area contributed by atoms with Crippen molar-refractivity contribution in [1.82, 2.24) is 4.98 Å². The molecule has 0 saturated carbocycles. The van der Waals surface area contributed by atoms with Gasteiger partial charge in [-0.3, -0.25) is 4.98 Å². The van der Waals surface area contributed by atoms with E-state index < -0.39 is 0 Å². The Kier molecular flexibility index (Phi) is 4.86. The van der Waals surface area contributed by atoms with Crippen LogP contribution in [0.4, 0.5) is 17.1 Å². The summed E-state index contributed by atoms with van der Waals surface area (Å²) >= 11 is 0. The van der Waals surface area contributed by atoms with Crippen molar-refractivity contribution >= 4 is 38.7 Å². The molecular weight excluding hydrogens is 472 g/mol. The molecular formula is C37H24N2. The van der Waals surface area contributed by atoms with Crippen molar-refractivity contribution in [1.29, 1.82) is 0 Å². The zero-order valence-corrected chi connectivity index (χ0v) is 21.3. The number of nitrogens with zero attached hydrogens (tertiary/aromatic N) is 2. The predicted molar refractivity (Wildman–Crippen MR) is 164 cm³/mol. The Labute approximate surface area is 227 Å². The molecule has 0 fully saturated rings. The van der Waals surface area contributed by atoms with Gasteiger partial charge in [0, 0.05) is 23.0 Å². The van der Waals surface area contributed by atoms with E-state index in [2.05, 4.69) is 143 Å². The molecule has 0 unspecified atom stereocenters. The van der Waals surface area contributed by atoms with Gasteiger partial charge in [-0.25, -0.2) is 0 Å². The molecule has 1 aromatic heterocycles. The normalized spacial score (nSPS) is 11.6. The van der Waals surface area contributed by atoms with Gasteiger partial charge in [0.15, 0.2) is 0 Å². The number of aromatic nitrogens is 1. The summed E-state index contributed by atoms with van der Waals surface area (Å²) in [5, 5.41) is 3.76. The molecule has 1 heterocycles. The third-order valence-corrected chi connectivity index (χ3v) is 7.84. The summed E-state index contributed by atoms with van der Waals surface area (Å²) in [6, 6.07) is 50.0. The van der Waals surface area contributed by atoms with Crippen LogP contribution in [-0.4, -0.2) is 4.98 Å². The van der Waals surface area contributed by atoms with Crippen molar-refractivity contribution in [2.45, 2.75) is 0 Å². The van der Waals surface area contributed by atoms with E-state index in [-0.39, 0.29) is 0 Å². The molecule has 2 heteroatoms. The Morgan fingerprint density at radius 3 is 1.97 bits per heavy atom. The molecule has 0 bridgehead atoms. The lowest BCUT2D eigenvalue weighted by molar-refractivity contribution is 1.29. The van der Waals surface area contributed by atoms with Crippen molar-refractivity contribution in [3.05, 3.63) is 146 Å². The Bertz CT molecular complexity index is 1990. The summed E-state index contributed by atoms with van der Waals surface area (Å²) in [7, 11) is 0. The molecule has 0 spiro atoms. The summed E-state index contributed by atoms with van der Waals surface area (Å²) in [6.07, 6.45) is 1.85. The summed E-state index contributed by atoms with van der Waals surface area (Å²) in [4.78, 5) is 6.96. The van der Waals surface area contributed by atoms with Gasteiger partial charge in [0.05, 0.1) is 11.2 Å². The number of para-hydroxylation sites is 1. The molecule has 8 rings (SSSR count). The highest BCUT2D eigenvalue weighted by Gasteiger charge is 2.22. The largest absolute Gasteiger partial charge is 0.310 e. The van der Waals surface area contributed by atoms with Gasteiger partial charge < -0.3 is 4.90 Å². The smallest absolute Gasteiger partial charge is 0.0723 e. The van der Waals surface area contributed by atoms with Gasteiger partial charge >= 0.3 is 0 Å². The zero-order valence-electron chi connectivity index (χ0n) is 21.3. The van der Waals surface area contributed by atoms with Crippen LogP contribution in [0.5, 0.6) is 0 Å². The first-order chi connectivity index (χ1) is 19.4. The summed E-state index contributed by atoms with van der Waals surface area (Å²) in [5.41, 5.74) is 12.1. The van der Waals surface area contributed by atoms with Crippen LogP contribution in [0, 0.1) is 0 Å². The second-order valence-corrected chi connectivity index (χ2v) is 10.0. The van der Waals surface area contributed by atoms with E-state index in [4.69, 9.17) is 0 Å². The van der Waals surface area contributed by atoms with Gasteiger partial charge in [0.25, 0.3) is 0 Å². The van der Waals surface area contributed by atoms with E-state index in [9.17, 15) is 0 Å². The minimum absolute atomic E-state index is 0.985. The average molecular weight is 497 g/mol. The lowest BCUT2D eigenvalue weighted by Crippen LogP contribution is -2.10. The van der Waals surface area contributed by atoms with Gasteiger partial charge in [-0.2, -0.15) is 0 Å². The highest BCUT2D eigenvalue weighted by atomic mass is 15.1. The maximum Gasteiger partial charge on any atom is 0.0723 e. The van der Waals surface area contributed by atoms with E-state index in [1.165, 1.54) is 44.2 Å². The van der Waals surface area contributed by atoms with Crippen molar-refractivity contribution in [3.8, 4) is 33.4 Å². The second kappa shape index (κ2) is 8.68. The molecule has 2 nitrogen and oxygen atoms in total. The molecule has 1 aliphatic rings. The van der Waals surface area contributed by atoms with Gasteiger partial charge in [0.2, 0.25) is 0 Å². The third-order valence-electron chi connectivity index (χ3n) is 7.84. The van der Waals surface area contributed by atoms with E-state index in [0.29, 0.717) is 0 Å². The highest BCUT2D eigenvalue weighted by Crippen LogP contribution is 2.49. The van der Waals surface area contributed by atoms with E-state index in [1.807, 2.05) is 12.3 Å². The summed E-state index contributed by atoms with van der Waals surface area (Å²) < 4.78 is 0. The maximum absolute atomic E-state index is 4.62. The number of benzene rings is 6. The van der Waals surface area contributed by atoms with Crippen LogP contribution in [-0.2, 0) is 0 Å². The van der Waals surface area contributed by atoms with Crippen LogP contribution in [0.1, 0.15) is 0 Å². The molecule has 182 valence electrons. The standard InChI is InChI=1S/C37H24N2/c1-2-11-26(12-3-1)39(36-20-8-19-35-34(36)18-9-23-38-35)27-13-6-10-25(24-27)28-21-22-33-30-15-5-4-14-29(30)32-17-7-16-31(28)37(32)33/h1-24H. The first-order valence-corrected chi connectivity index (χ1v) is 13.3. The lowest BCUT2D eigenvalue weighted by atomic mass is 9.94. The minimum atomic E-state index is 0.985. The van der Waals surface area contributed by atoms with Gasteiger partial charge in [-0.05, 0) is 92.7 Å². The van der Waals surface area contributed by atoms with Crippen LogP contribution in [0.2, 0.25) is 0 Å². The Morgan fingerprint density at radius 2 is 1.10 bits per heavy atom. The van der Waals surface area contributed by atoms with E-state index >= 15 is 0 Å². The molecule has 1 aliphatic carbocycles. The van der Waals surface area contributed by atoms with Crippen LogP contribution in [0.25, 0.3) is 55.1 Å². The van der Waals surface area contributed by atoms with Gasteiger partial charge in [-0.1, -0.05) is 91.0 Å². The van der Waals surface area contributed by atoms with Crippen molar-refractivity contribution < 1.29 is 0 Å². The van der Waals surface area contributed by atoms with Crippen molar-refractivity contribution in [3.63, 3.8) is 0 Å². The maximum atomic E-state index is 4.62. The second-order valence-electron chi connectivity index (χ2n) is 10.0. The number of anilines is 3. The van der Waals surface area contributed by atoms with E-state index in [1.54, 1.807) is 0 Å². The molecule has 0 N–H and O–H groups in total. The molecule has 0 amide bonds. The quantitative estimate of drug-likeness (QED) is 0.241. The van der Waals surface area contributed by atoms with Gasteiger partial charge in [0.1, 0.15) is 0 Å². The third kappa shape index (κ3) is 3.39. The average Bonchev–Trinajstić information content (AvgIpc) is 3.34. The number of pyridine rings is 1. The Morgan fingerprint density at radius 1 is 0.436 bits per heavy atom. The molecule has 0 atom stereocenters. The molecule has 39 heavy (non-hydrogen) atoms. The van der Waals surface area contributed by atoms with Crippen molar-refractivity contribution in [2.75, 3.05) is 4.90 Å². The number of rotatable bonds is 4. The fraction of sp³-hybridized carbons (Fsp3) is 0. The number of hydrogen-bond acceptors (Lipinski definition) is 2. The lowest BCUT2D eigenvalue weighted by Gasteiger charge is -2.27. The molecule has 0 aliphatic heterocycles. The fourth-order valence-corrected chi connectivity index (χ4v) is 6.16. The Hall–Kier alpha value is -5.21. The molecule has 7 aromatic rings. The predicted octanol–water partition coefficient (Wildman–Crippen LogP) is 10.2. The van der Waals surface area contributed by atoms with Crippen LogP contribution in [0.3, 0.4) is 0 Å². The topological polar surface area (TPSA) is 16.1 Å². The monoisotopic (exact) mass is 496 g/mol. The zero-order chi connectivity index (χ0) is 25.8. The molecule has 0 radical (unpaired) electrons. The Balaban J connectivity index is 1.34. The van der Waals surface area contributed by atoms with E-state index in [0.717, 1.165) is 28.0 Å². The number of hydrogen-bond donors (Lipinski definition) is 0. The summed E-state index contributed by atoms with van der Waals surface area (Å²) in [6.45, 7) is 0. The highest BCUT2D eigenvalue weighted by molar-refractivity contribution is 6.18. The first-order valence-electron chi connectivity index (χ1n) is 13.3. The van der Waals surface area contributed by atoms with Crippen LogP contribution < -0.4 is 4.90 Å². The van der Waals surface area contributed by atoms with Crippen LogP contribution in [0.15, 0.2) is 146 Å². The summed E-state index contributed by atoms with van der Waals surface area (Å²) in [5.74, 6) is 0. The fourth-order valence-electron chi connectivity index (χ4n) is 6.16.